The lowest BCUT2D eigenvalue weighted by molar-refractivity contribution is -0.131. The molecule has 0 aliphatic carbocycles. The van der Waals surface area contributed by atoms with E-state index in [4.69, 9.17) is 0 Å². The largest absolute Gasteiger partial charge is 0.335 e. The molecule has 3 rings (SSSR count). The molecule has 124 valence electrons. The summed E-state index contributed by atoms with van der Waals surface area (Å²) in [6.07, 6.45) is 7.54. The molecule has 1 aromatic rings. The molecule has 1 fully saturated rings. The summed E-state index contributed by atoms with van der Waals surface area (Å²) in [5.74, 6) is 0.987. The summed E-state index contributed by atoms with van der Waals surface area (Å²) in [4.78, 5) is 30.5. The summed E-state index contributed by atoms with van der Waals surface area (Å²) in [7, 11) is 1.60. The molecule has 2 aliphatic heterocycles. The summed E-state index contributed by atoms with van der Waals surface area (Å²) in [5, 5.41) is 5.43. The quantitative estimate of drug-likeness (QED) is 0.841. The molecular formula is C16H23N5O2. The molecule has 7 nitrogen and oxygen atoms in total. The van der Waals surface area contributed by atoms with Crippen LogP contribution in [-0.4, -0.2) is 57.1 Å². The second-order valence-electron chi connectivity index (χ2n) is 6.12. The van der Waals surface area contributed by atoms with Gasteiger partial charge < -0.3 is 9.47 Å². The van der Waals surface area contributed by atoms with Crippen LogP contribution in [0.2, 0.25) is 0 Å². The van der Waals surface area contributed by atoms with Gasteiger partial charge in [0.15, 0.2) is 0 Å². The lowest BCUT2D eigenvalue weighted by Gasteiger charge is -2.35. The minimum Gasteiger partial charge on any atom is -0.335 e. The fourth-order valence-electron chi connectivity index (χ4n) is 3.32. The van der Waals surface area contributed by atoms with Crippen molar-refractivity contribution < 1.29 is 9.59 Å². The number of aromatic nitrogens is 2. The number of piperidine rings is 1. The maximum absolute atomic E-state index is 12.7. The van der Waals surface area contributed by atoms with Gasteiger partial charge in [-0.2, -0.15) is 5.10 Å². The van der Waals surface area contributed by atoms with Crippen LogP contribution in [0, 0.1) is 0 Å². The first kappa shape index (κ1) is 15.7. The van der Waals surface area contributed by atoms with Crippen molar-refractivity contribution in [3.05, 3.63) is 18.2 Å². The van der Waals surface area contributed by atoms with E-state index in [1.54, 1.807) is 7.05 Å². The third-order valence-corrected chi connectivity index (χ3v) is 4.60. The van der Waals surface area contributed by atoms with E-state index in [2.05, 4.69) is 21.6 Å². The van der Waals surface area contributed by atoms with Gasteiger partial charge in [0.25, 0.3) is 5.91 Å². The number of carbonyl (C=O) groups excluding carboxylic acids is 2. The predicted octanol–water partition coefficient (Wildman–Crippen LogP) is 1.22. The van der Waals surface area contributed by atoms with Gasteiger partial charge >= 0.3 is 0 Å². The van der Waals surface area contributed by atoms with Gasteiger partial charge in [-0.15, -0.1) is 0 Å². The van der Waals surface area contributed by atoms with E-state index in [0.717, 1.165) is 31.6 Å². The lowest BCUT2D eigenvalue weighted by Crippen LogP contribution is -2.45. The zero-order valence-corrected chi connectivity index (χ0v) is 13.7. The zero-order valence-electron chi connectivity index (χ0n) is 13.7. The maximum atomic E-state index is 12.7. The second kappa shape index (κ2) is 6.52. The Balaban J connectivity index is 1.72. The zero-order chi connectivity index (χ0) is 16.4. The number of hydrogen-bond acceptors (Lipinski definition) is 4. The van der Waals surface area contributed by atoms with Crippen molar-refractivity contribution in [2.75, 3.05) is 20.1 Å². The Labute approximate surface area is 136 Å². The molecule has 2 aliphatic rings. The Hall–Kier alpha value is -2.18. The topological polar surface area (TPSA) is 70.8 Å². The van der Waals surface area contributed by atoms with Gasteiger partial charge in [0.1, 0.15) is 11.5 Å². The van der Waals surface area contributed by atoms with E-state index in [1.165, 1.54) is 5.01 Å². The molecule has 23 heavy (non-hydrogen) atoms. The summed E-state index contributed by atoms with van der Waals surface area (Å²) < 4.78 is 2.19. The maximum Gasteiger partial charge on any atom is 0.270 e. The van der Waals surface area contributed by atoms with E-state index in [-0.39, 0.29) is 17.9 Å². The van der Waals surface area contributed by atoms with Gasteiger partial charge in [0.05, 0.1) is 6.04 Å². The second-order valence-corrected chi connectivity index (χ2v) is 6.12. The number of carbonyl (C=O) groups is 2. The molecule has 1 atom stereocenters. The van der Waals surface area contributed by atoms with Crippen LogP contribution in [0.5, 0.6) is 0 Å². The van der Waals surface area contributed by atoms with Crippen LogP contribution in [0.25, 0.3) is 0 Å². The van der Waals surface area contributed by atoms with E-state index < -0.39 is 0 Å². The van der Waals surface area contributed by atoms with Gasteiger partial charge in [-0.3, -0.25) is 9.59 Å². The molecule has 2 amide bonds. The van der Waals surface area contributed by atoms with Gasteiger partial charge in [-0.1, -0.05) is 6.92 Å². The Bertz CT molecular complexity index is 636. The number of hydrogen-bond donors (Lipinski definition) is 0. The fourth-order valence-corrected chi connectivity index (χ4v) is 3.32. The molecule has 0 N–H and O–H groups in total. The highest BCUT2D eigenvalue weighted by atomic mass is 16.2. The van der Waals surface area contributed by atoms with Crippen molar-refractivity contribution in [3.8, 4) is 0 Å². The van der Waals surface area contributed by atoms with Gasteiger partial charge in [0, 0.05) is 51.8 Å². The van der Waals surface area contributed by atoms with Crippen molar-refractivity contribution in [1.82, 2.24) is 19.5 Å². The Morgan fingerprint density at radius 3 is 2.96 bits per heavy atom. The summed E-state index contributed by atoms with van der Waals surface area (Å²) in [5.41, 5.74) is 0.495. The molecule has 0 bridgehead atoms. The van der Waals surface area contributed by atoms with E-state index in [1.807, 2.05) is 17.3 Å². The third-order valence-electron chi connectivity index (χ3n) is 4.60. The highest BCUT2D eigenvalue weighted by molar-refractivity contribution is 6.39. The summed E-state index contributed by atoms with van der Waals surface area (Å²) in [6.45, 7) is 3.52. The van der Waals surface area contributed by atoms with Crippen molar-refractivity contribution >= 4 is 17.5 Å². The normalized spacial score (nSPS) is 22.3. The first-order valence-corrected chi connectivity index (χ1v) is 8.25. The Morgan fingerprint density at radius 2 is 2.22 bits per heavy atom. The van der Waals surface area contributed by atoms with E-state index in [0.29, 0.717) is 25.1 Å². The predicted molar refractivity (Wildman–Crippen MR) is 85.9 cm³/mol. The number of hydrazone groups is 1. The van der Waals surface area contributed by atoms with Gasteiger partial charge in [0.2, 0.25) is 5.91 Å². The Morgan fingerprint density at radius 1 is 1.39 bits per heavy atom. The van der Waals surface area contributed by atoms with Crippen molar-refractivity contribution in [3.63, 3.8) is 0 Å². The molecule has 0 saturated carbocycles. The van der Waals surface area contributed by atoms with E-state index in [9.17, 15) is 9.59 Å². The summed E-state index contributed by atoms with van der Waals surface area (Å²) in [6, 6.07) is 0.272. The van der Waals surface area contributed by atoms with Crippen LogP contribution in [0.15, 0.2) is 17.5 Å². The molecule has 3 heterocycles. The molecule has 0 unspecified atom stereocenters. The van der Waals surface area contributed by atoms with Gasteiger partial charge in [-0.05, 0) is 12.8 Å². The van der Waals surface area contributed by atoms with Crippen molar-refractivity contribution in [2.45, 2.75) is 45.1 Å². The highest BCUT2D eigenvalue weighted by Crippen LogP contribution is 2.24. The average molecular weight is 317 g/mol. The smallest absolute Gasteiger partial charge is 0.270 e. The molecule has 7 heteroatoms. The molecule has 1 aromatic heterocycles. The Kier molecular flexibility index (Phi) is 4.45. The number of nitrogens with zero attached hydrogens (tertiary/aromatic N) is 5. The lowest BCUT2D eigenvalue weighted by atomic mass is 10.0. The molecular weight excluding hydrogens is 294 g/mol. The molecule has 0 radical (unpaired) electrons. The molecule has 0 spiro atoms. The standard InChI is InChI=1S/C16H23N5O2/c1-3-14-17-8-10-21(14)12-5-4-9-20(11-12)16(23)13-6-7-15(22)19(2)18-13/h8,10,12H,3-7,9,11H2,1-2H3/t12-/m1/s1. The van der Waals surface area contributed by atoms with E-state index >= 15 is 0 Å². The van der Waals surface area contributed by atoms with Crippen LogP contribution < -0.4 is 0 Å². The monoisotopic (exact) mass is 317 g/mol. The summed E-state index contributed by atoms with van der Waals surface area (Å²) >= 11 is 0. The number of imidazole rings is 1. The molecule has 0 aromatic carbocycles. The van der Waals surface area contributed by atoms with Crippen molar-refractivity contribution in [1.29, 1.82) is 0 Å². The third kappa shape index (κ3) is 3.13. The minimum absolute atomic E-state index is 0.0350. The van der Waals surface area contributed by atoms with Crippen LogP contribution in [0.3, 0.4) is 0 Å². The van der Waals surface area contributed by atoms with Crippen LogP contribution in [0.4, 0.5) is 0 Å². The minimum atomic E-state index is -0.0379. The van der Waals surface area contributed by atoms with Crippen LogP contribution in [0.1, 0.15) is 44.5 Å². The first-order chi connectivity index (χ1) is 11.1. The fraction of sp³-hybridized carbons (Fsp3) is 0.625. The van der Waals surface area contributed by atoms with Crippen LogP contribution in [-0.2, 0) is 16.0 Å². The van der Waals surface area contributed by atoms with Gasteiger partial charge in [-0.25, -0.2) is 9.99 Å². The first-order valence-electron chi connectivity index (χ1n) is 8.25. The number of rotatable bonds is 3. The number of aryl methyl sites for hydroxylation is 1. The number of likely N-dealkylation sites (tertiary alicyclic amines) is 1. The highest BCUT2D eigenvalue weighted by Gasteiger charge is 2.30. The SMILES string of the molecule is CCc1nccn1[C@@H]1CCCN(C(=O)C2=NN(C)C(=O)CC2)C1. The van der Waals surface area contributed by atoms with Crippen LogP contribution >= 0.6 is 0 Å². The average Bonchev–Trinajstić information content (AvgIpc) is 3.05. The van der Waals surface area contributed by atoms with Crippen molar-refractivity contribution in [2.24, 2.45) is 5.10 Å². The number of amides is 2. The molecule has 1 saturated heterocycles.